The zero-order chi connectivity index (χ0) is 20.5. The molecule has 0 aliphatic rings. The van der Waals surface area contributed by atoms with Crippen molar-refractivity contribution in [2.45, 2.75) is 13.5 Å². The predicted octanol–water partition coefficient (Wildman–Crippen LogP) is 4.92. The van der Waals surface area contributed by atoms with Crippen molar-refractivity contribution in [1.29, 1.82) is 5.26 Å². The zero-order valence-electron chi connectivity index (χ0n) is 16.1. The number of aryl methyl sites for hydroxylation is 1. The Balaban J connectivity index is 1.56. The number of nitrogens with one attached hydrogen (secondary N) is 2. The number of ether oxygens (including phenoxy) is 1. The van der Waals surface area contributed by atoms with Crippen LogP contribution in [0.4, 0.5) is 5.69 Å². The normalized spacial score (nSPS) is 10.7. The Hall–Kier alpha value is -4.04. The van der Waals surface area contributed by atoms with Gasteiger partial charge in [-0.25, -0.2) is 0 Å². The van der Waals surface area contributed by atoms with Crippen LogP contribution in [0, 0.1) is 18.3 Å². The number of anilines is 1. The van der Waals surface area contributed by atoms with Gasteiger partial charge in [0.25, 0.3) is 5.91 Å². The Morgan fingerprint density at radius 2 is 1.72 bits per heavy atom. The molecule has 0 aromatic heterocycles. The molecule has 3 aromatic carbocycles. The molecule has 1 amide bonds. The number of benzene rings is 3. The van der Waals surface area contributed by atoms with E-state index in [4.69, 9.17) is 4.74 Å². The van der Waals surface area contributed by atoms with Crippen molar-refractivity contribution in [3.63, 3.8) is 0 Å². The molecule has 0 unspecified atom stereocenters. The molecule has 0 saturated carbocycles. The number of rotatable bonds is 7. The number of para-hydroxylation sites is 1. The van der Waals surface area contributed by atoms with Crippen molar-refractivity contribution in [3.8, 4) is 17.6 Å². The lowest BCUT2D eigenvalue weighted by molar-refractivity contribution is -0.112. The number of carbonyl (C=O) groups is 1. The zero-order valence-corrected chi connectivity index (χ0v) is 16.1. The first kappa shape index (κ1) is 19.7. The first-order valence-electron chi connectivity index (χ1n) is 9.17. The van der Waals surface area contributed by atoms with E-state index in [1.165, 1.54) is 6.20 Å². The minimum Gasteiger partial charge on any atom is -0.457 e. The number of nitriles is 1. The third-order valence-corrected chi connectivity index (χ3v) is 4.09. The molecule has 3 rings (SSSR count). The minimum atomic E-state index is -0.471. The van der Waals surface area contributed by atoms with Gasteiger partial charge in [-0.2, -0.15) is 5.26 Å². The molecule has 144 valence electrons. The number of carbonyl (C=O) groups excluding carboxylic acids is 1. The Bertz CT molecular complexity index is 1040. The first-order chi connectivity index (χ1) is 14.1. The van der Waals surface area contributed by atoms with Gasteiger partial charge in [-0.15, -0.1) is 0 Å². The van der Waals surface area contributed by atoms with E-state index in [1.807, 2.05) is 67.6 Å². The van der Waals surface area contributed by atoms with Gasteiger partial charge in [-0.1, -0.05) is 48.0 Å². The lowest BCUT2D eigenvalue weighted by atomic mass is 10.1. The second-order valence-electron chi connectivity index (χ2n) is 6.43. The van der Waals surface area contributed by atoms with E-state index in [9.17, 15) is 10.1 Å². The fourth-order valence-electron chi connectivity index (χ4n) is 2.67. The van der Waals surface area contributed by atoms with E-state index in [0.29, 0.717) is 18.0 Å². The molecule has 29 heavy (non-hydrogen) atoms. The summed E-state index contributed by atoms with van der Waals surface area (Å²) in [6.45, 7) is 2.55. The van der Waals surface area contributed by atoms with Gasteiger partial charge < -0.3 is 15.4 Å². The van der Waals surface area contributed by atoms with Gasteiger partial charge in [-0.3, -0.25) is 4.79 Å². The SMILES string of the molecule is Cc1cccc(CN/C=C(/C#N)C(=O)Nc2ccc(Oc3ccccc3)cc2)c1. The molecule has 0 heterocycles. The summed E-state index contributed by atoms with van der Waals surface area (Å²) in [5, 5.41) is 15.0. The Kier molecular flexibility index (Phi) is 6.64. The van der Waals surface area contributed by atoms with E-state index in [2.05, 4.69) is 10.6 Å². The molecule has 0 radical (unpaired) electrons. The van der Waals surface area contributed by atoms with Crippen LogP contribution in [-0.4, -0.2) is 5.91 Å². The van der Waals surface area contributed by atoms with Crippen LogP contribution in [0.5, 0.6) is 11.5 Å². The van der Waals surface area contributed by atoms with Crippen molar-refractivity contribution in [2.75, 3.05) is 5.32 Å². The highest BCUT2D eigenvalue weighted by atomic mass is 16.5. The molecule has 0 spiro atoms. The largest absolute Gasteiger partial charge is 0.457 e. The summed E-state index contributed by atoms with van der Waals surface area (Å²) in [5.74, 6) is 0.921. The molecule has 5 heteroatoms. The summed E-state index contributed by atoms with van der Waals surface area (Å²) in [6, 6.07) is 26.4. The van der Waals surface area contributed by atoms with Gasteiger partial charge in [0.05, 0.1) is 0 Å². The molecule has 0 aliphatic carbocycles. The molecule has 0 aliphatic heterocycles. The third-order valence-electron chi connectivity index (χ3n) is 4.09. The highest BCUT2D eigenvalue weighted by Crippen LogP contribution is 2.22. The van der Waals surface area contributed by atoms with Crippen molar-refractivity contribution >= 4 is 11.6 Å². The van der Waals surface area contributed by atoms with E-state index >= 15 is 0 Å². The Morgan fingerprint density at radius 3 is 2.41 bits per heavy atom. The molecule has 2 N–H and O–H groups in total. The lowest BCUT2D eigenvalue weighted by Crippen LogP contribution is -2.16. The fraction of sp³-hybridized carbons (Fsp3) is 0.0833. The van der Waals surface area contributed by atoms with Gasteiger partial charge in [0.15, 0.2) is 0 Å². The van der Waals surface area contributed by atoms with Crippen LogP contribution in [0.15, 0.2) is 90.6 Å². The monoisotopic (exact) mass is 383 g/mol. The number of hydrogen-bond acceptors (Lipinski definition) is 4. The average molecular weight is 383 g/mol. The van der Waals surface area contributed by atoms with Crippen LogP contribution in [0.1, 0.15) is 11.1 Å². The molecule has 5 nitrogen and oxygen atoms in total. The van der Waals surface area contributed by atoms with E-state index in [1.54, 1.807) is 24.3 Å². The maximum absolute atomic E-state index is 12.3. The number of nitrogens with zero attached hydrogens (tertiary/aromatic N) is 1. The second-order valence-corrected chi connectivity index (χ2v) is 6.43. The summed E-state index contributed by atoms with van der Waals surface area (Å²) in [5.41, 5.74) is 2.82. The van der Waals surface area contributed by atoms with Crippen molar-refractivity contribution in [3.05, 3.63) is 102 Å². The van der Waals surface area contributed by atoms with Crippen LogP contribution >= 0.6 is 0 Å². The molecule has 0 fully saturated rings. The van der Waals surface area contributed by atoms with Crippen LogP contribution in [0.2, 0.25) is 0 Å². The summed E-state index contributed by atoms with van der Waals surface area (Å²) in [6.07, 6.45) is 1.44. The number of amides is 1. The molecule has 0 bridgehead atoms. The van der Waals surface area contributed by atoms with Gasteiger partial charge in [0.1, 0.15) is 23.1 Å². The number of hydrogen-bond donors (Lipinski definition) is 2. The molecular weight excluding hydrogens is 362 g/mol. The highest BCUT2D eigenvalue weighted by Gasteiger charge is 2.09. The van der Waals surface area contributed by atoms with E-state index < -0.39 is 5.91 Å². The van der Waals surface area contributed by atoms with E-state index in [0.717, 1.165) is 16.9 Å². The van der Waals surface area contributed by atoms with Gasteiger partial charge in [0, 0.05) is 18.4 Å². The molecule has 0 saturated heterocycles. The van der Waals surface area contributed by atoms with Crippen molar-refractivity contribution in [1.82, 2.24) is 5.32 Å². The van der Waals surface area contributed by atoms with Crippen molar-refractivity contribution in [2.24, 2.45) is 0 Å². The van der Waals surface area contributed by atoms with Gasteiger partial charge >= 0.3 is 0 Å². The average Bonchev–Trinajstić information content (AvgIpc) is 2.73. The summed E-state index contributed by atoms with van der Waals surface area (Å²) in [7, 11) is 0. The summed E-state index contributed by atoms with van der Waals surface area (Å²) >= 11 is 0. The second kappa shape index (κ2) is 9.77. The van der Waals surface area contributed by atoms with Crippen LogP contribution < -0.4 is 15.4 Å². The van der Waals surface area contributed by atoms with Crippen LogP contribution in [0.25, 0.3) is 0 Å². The van der Waals surface area contributed by atoms with Gasteiger partial charge in [0.2, 0.25) is 0 Å². The Morgan fingerprint density at radius 1 is 1.00 bits per heavy atom. The summed E-state index contributed by atoms with van der Waals surface area (Å²) < 4.78 is 5.72. The molecular formula is C24H21N3O2. The first-order valence-corrected chi connectivity index (χ1v) is 9.17. The molecule has 0 atom stereocenters. The highest BCUT2D eigenvalue weighted by molar-refractivity contribution is 6.06. The minimum absolute atomic E-state index is 0.00210. The van der Waals surface area contributed by atoms with Crippen LogP contribution in [-0.2, 0) is 11.3 Å². The maximum atomic E-state index is 12.3. The Labute approximate surface area is 170 Å². The predicted molar refractivity (Wildman–Crippen MR) is 113 cm³/mol. The maximum Gasteiger partial charge on any atom is 0.267 e. The fourth-order valence-corrected chi connectivity index (χ4v) is 2.67. The van der Waals surface area contributed by atoms with Gasteiger partial charge in [-0.05, 0) is 48.9 Å². The topological polar surface area (TPSA) is 74.2 Å². The van der Waals surface area contributed by atoms with Crippen molar-refractivity contribution < 1.29 is 9.53 Å². The smallest absolute Gasteiger partial charge is 0.267 e. The van der Waals surface area contributed by atoms with E-state index in [-0.39, 0.29) is 5.57 Å². The van der Waals surface area contributed by atoms with Crippen LogP contribution in [0.3, 0.4) is 0 Å². The summed E-state index contributed by atoms with van der Waals surface area (Å²) in [4.78, 5) is 12.3. The third kappa shape index (κ3) is 5.98. The lowest BCUT2D eigenvalue weighted by Gasteiger charge is -2.08. The molecule has 3 aromatic rings. The standard InChI is InChI=1S/C24H21N3O2/c1-18-6-5-7-19(14-18)16-26-17-20(15-25)24(28)27-21-10-12-23(13-11-21)29-22-8-3-2-4-9-22/h2-14,17,26H,16H2,1H3,(H,27,28)/b20-17-. The quantitative estimate of drug-likeness (QED) is 0.448.